The number of ether oxygens (including phenoxy) is 1. The molecule has 0 saturated carbocycles. The third-order valence-electron chi connectivity index (χ3n) is 4.21. The molecule has 0 unspecified atom stereocenters. The van der Waals surface area contributed by atoms with Gasteiger partial charge in [0.25, 0.3) is 5.91 Å². The highest BCUT2D eigenvalue weighted by Gasteiger charge is 2.21. The van der Waals surface area contributed by atoms with Gasteiger partial charge in [-0.05, 0) is 36.1 Å². The van der Waals surface area contributed by atoms with Crippen molar-refractivity contribution in [1.29, 1.82) is 0 Å². The van der Waals surface area contributed by atoms with Crippen molar-refractivity contribution in [1.82, 2.24) is 16.0 Å². The number of aliphatic imine (C=N–C) groups is 1. The third-order valence-corrected chi connectivity index (χ3v) is 5.45. The maximum absolute atomic E-state index is 11.5. The molecule has 0 aliphatic carbocycles. The highest BCUT2D eigenvalue weighted by molar-refractivity contribution is 14.0. The zero-order valence-corrected chi connectivity index (χ0v) is 20.6. The van der Waals surface area contributed by atoms with Gasteiger partial charge < -0.3 is 20.7 Å². The van der Waals surface area contributed by atoms with Crippen molar-refractivity contribution in [3.05, 3.63) is 52.2 Å². The van der Waals surface area contributed by atoms with E-state index in [1.54, 1.807) is 18.4 Å². The SMILES string of the molecule is CCNC(=O)COc1cccc(CNC(=NC)NCC(C)(C)c2cccs2)c1.I. The monoisotopic (exact) mass is 530 g/mol. The Balaban J connectivity index is 0.00000420. The number of carbonyl (C=O) groups excluding carboxylic acids is 1. The first-order valence-electron chi connectivity index (χ1n) is 9.41. The summed E-state index contributed by atoms with van der Waals surface area (Å²) >= 11 is 1.77. The van der Waals surface area contributed by atoms with E-state index >= 15 is 0 Å². The number of halogens is 1. The molecular weight excluding hydrogens is 499 g/mol. The van der Waals surface area contributed by atoms with Crippen LogP contribution in [0.15, 0.2) is 46.8 Å². The maximum Gasteiger partial charge on any atom is 0.257 e. The van der Waals surface area contributed by atoms with Gasteiger partial charge in [0.2, 0.25) is 0 Å². The van der Waals surface area contributed by atoms with Gasteiger partial charge in [-0.2, -0.15) is 0 Å². The van der Waals surface area contributed by atoms with Crippen molar-refractivity contribution in [3.63, 3.8) is 0 Å². The number of nitrogens with zero attached hydrogens (tertiary/aromatic N) is 1. The Morgan fingerprint density at radius 1 is 1.17 bits per heavy atom. The first kappa shape index (κ1) is 25.2. The molecule has 1 aromatic carbocycles. The van der Waals surface area contributed by atoms with Crippen molar-refractivity contribution in [2.24, 2.45) is 4.99 Å². The van der Waals surface area contributed by atoms with E-state index in [0.717, 1.165) is 18.1 Å². The van der Waals surface area contributed by atoms with E-state index in [1.165, 1.54) is 4.88 Å². The number of guanidine groups is 1. The molecule has 29 heavy (non-hydrogen) atoms. The van der Waals surface area contributed by atoms with E-state index in [2.05, 4.69) is 52.3 Å². The fourth-order valence-corrected chi connectivity index (χ4v) is 3.46. The molecule has 0 bridgehead atoms. The van der Waals surface area contributed by atoms with Gasteiger partial charge in [-0.1, -0.05) is 32.0 Å². The largest absolute Gasteiger partial charge is 0.484 e. The topological polar surface area (TPSA) is 74.8 Å². The number of hydrogen-bond donors (Lipinski definition) is 3. The standard InChI is InChI=1S/C21H30N4O2S.HI/c1-5-23-19(26)14-27-17-9-6-8-16(12-17)13-24-20(22-4)25-15-21(2,3)18-10-7-11-28-18;/h6-12H,5,13-15H2,1-4H3,(H,23,26)(H2,22,24,25);1H. The number of nitrogens with one attached hydrogen (secondary N) is 3. The minimum Gasteiger partial charge on any atom is -0.484 e. The zero-order chi connectivity index (χ0) is 20.4. The van der Waals surface area contributed by atoms with Crippen LogP contribution in [0, 0.1) is 0 Å². The summed E-state index contributed by atoms with van der Waals surface area (Å²) in [7, 11) is 1.76. The fraction of sp³-hybridized carbons (Fsp3) is 0.429. The molecule has 0 spiro atoms. The number of likely N-dealkylation sites (N-methyl/N-ethyl adjacent to an activating group) is 1. The van der Waals surface area contributed by atoms with E-state index < -0.39 is 0 Å². The summed E-state index contributed by atoms with van der Waals surface area (Å²) in [5.41, 5.74) is 1.08. The molecule has 2 aromatic rings. The highest BCUT2D eigenvalue weighted by atomic mass is 127. The molecule has 0 aliphatic rings. The Kier molecular flexibility index (Phi) is 11.0. The van der Waals surface area contributed by atoms with Crippen molar-refractivity contribution in [2.75, 3.05) is 26.7 Å². The molecule has 1 aromatic heterocycles. The molecule has 2 rings (SSSR count). The summed E-state index contributed by atoms with van der Waals surface area (Å²) in [4.78, 5) is 17.2. The van der Waals surface area contributed by atoms with Crippen LogP contribution in [0.25, 0.3) is 0 Å². The molecule has 3 N–H and O–H groups in total. The Hall–Kier alpha value is -1.81. The summed E-state index contributed by atoms with van der Waals surface area (Å²) < 4.78 is 5.54. The number of thiophene rings is 1. The average molecular weight is 530 g/mol. The van der Waals surface area contributed by atoms with E-state index in [4.69, 9.17) is 4.74 Å². The minimum atomic E-state index is -0.121. The van der Waals surface area contributed by atoms with Crippen LogP contribution >= 0.6 is 35.3 Å². The summed E-state index contributed by atoms with van der Waals surface area (Å²) in [6, 6.07) is 11.9. The normalized spacial score (nSPS) is 11.4. The predicted octanol–water partition coefficient (Wildman–Crippen LogP) is 3.52. The van der Waals surface area contributed by atoms with E-state index in [9.17, 15) is 4.79 Å². The van der Waals surface area contributed by atoms with Crippen LogP contribution in [0.1, 0.15) is 31.2 Å². The van der Waals surface area contributed by atoms with Crippen molar-refractivity contribution < 1.29 is 9.53 Å². The Bertz CT molecular complexity index is 779. The Morgan fingerprint density at radius 3 is 2.62 bits per heavy atom. The summed E-state index contributed by atoms with van der Waals surface area (Å²) in [6.45, 7) is 8.32. The average Bonchev–Trinajstić information content (AvgIpc) is 3.23. The van der Waals surface area contributed by atoms with Gasteiger partial charge in [0.05, 0.1) is 0 Å². The molecular formula is C21H31IN4O2S. The van der Waals surface area contributed by atoms with Crippen LogP contribution in [0.2, 0.25) is 0 Å². The maximum atomic E-state index is 11.5. The molecule has 0 saturated heterocycles. The van der Waals surface area contributed by atoms with Crippen LogP contribution in [0.4, 0.5) is 0 Å². The zero-order valence-electron chi connectivity index (χ0n) is 17.5. The molecule has 160 valence electrons. The Morgan fingerprint density at radius 2 is 1.97 bits per heavy atom. The molecule has 0 radical (unpaired) electrons. The predicted molar refractivity (Wildman–Crippen MR) is 132 cm³/mol. The van der Waals surface area contributed by atoms with Gasteiger partial charge in [-0.15, -0.1) is 35.3 Å². The quantitative estimate of drug-likeness (QED) is 0.264. The number of hydrogen-bond acceptors (Lipinski definition) is 4. The second kappa shape index (κ2) is 12.7. The van der Waals surface area contributed by atoms with Gasteiger partial charge in [0.1, 0.15) is 5.75 Å². The third kappa shape index (κ3) is 8.61. The van der Waals surface area contributed by atoms with Gasteiger partial charge in [-0.25, -0.2) is 0 Å². The van der Waals surface area contributed by atoms with E-state index in [0.29, 0.717) is 18.8 Å². The van der Waals surface area contributed by atoms with Crippen molar-refractivity contribution >= 4 is 47.2 Å². The molecule has 1 heterocycles. The van der Waals surface area contributed by atoms with Crippen LogP contribution in [0.5, 0.6) is 5.75 Å². The molecule has 1 amide bonds. The lowest BCUT2D eigenvalue weighted by atomic mass is 9.91. The van der Waals surface area contributed by atoms with Crippen LogP contribution in [-0.4, -0.2) is 38.6 Å². The first-order valence-corrected chi connectivity index (χ1v) is 10.3. The molecule has 0 atom stereocenters. The number of rotatable bonds is 9. The summed E-state index contributed by atoms with van der Waals surface area (Å²) in [5, 5.41) is 11.5. The summed E-state index contributed by atoms with van der Waals surface area (Å²) in [6.07, 6.45) is 0. The number of carbonyl (C=O) groups is 1. The second-order valence-electron chi connectivity index (χ2n) is 7.03. The fourth-order valence-electron chi connectivity index (χ4n) is 2.60. The smallest absolute Gasteiger partial charge is 0.257 e. The highest BCUT2D eigenvalue weighted by Crippen LogP contribution is 2.26. The van der Waals surface area contributed by atoms with Gasteiger partial charge in [0.15, 0.2) is 12.6 Å². The number of benzene rings is 1. The number of amides is 1. The van der Waals surface area contributed by atoms with Crippen molar-refractivity contribution in [2.45, 2.75) is 32.7 Å². The lowest BCUT2D eigenvalue weighted by Gasteiger charge is -2.25. The lowest BCUT2D eigenvalue weighted by molar-refractivity contribution is -0.122. The van der Waals surface area contributed by atoms with E-state index in [-0.39, 0.29) is 41.9 Å². The van der Waals surface area contributed by atoms with Crippen molar-refractivity contribution in [3.8, 4) is 5.75 Å². The van der Waals surface area contributed by atoms with Gasteiger partial charge >= 0.3 is 0 Å². The van der Waals surface area contributed by atoms with E-state index in [1.807, 2.05) is 31.2 Å². The minimum absolute atomic E-state index is 0. The Labute approximate surface area is 194 Å². The first-order chi connectivity index (χ1) is 13.4. The molecule has 8 heteroatoms. The molecule has 0 aliphatic heterocycles. The lowest BCUT2D eigenvalue weighted by Crippen LogP contribution is -2.42. The van der Waals surface area contributed by atoms with Crippen LogP contribution in [-0.2, 0) is 16.8 Å². The summed E-state index contributed by atoms with van der Waals surface area (Å²) in [5.74, 6) is 1.30. The molecule has 6 nitrogen and oxygen atoms in total. The van der Waals surface area contributed by atoms with Crippen LogP contribution < -0.4 is 20.7 Å². The van der Waals surface area contributed by atoms with Gasteiger partial charge in [0, 0.05) is 37.0 Å². The van der Waals surface area contributed by atoms with Gasteiger partial charge in [-0.3, -0.25) is 9.79 Å². The molecule has 0 fully saturated rings. The van der Waals surface area contributed by atoms with Crippen LogP contribution in [0.3, 0.4) is 0 Å². The second-order valence-corrected chi connectivity index (χ2v) is 7.98.